The number of benzene rings is 1. The van der Waals surface area contributed by atoms with E-state index in [0.29, 0.717) is 0 Å². The third kappa shape index (κ3) is 2.35. The van der Waals surface area contributed by atoms with Gasteiger partial charge in [0.2, 0.25) is 0 Å². The number of aryl methyl sites for hydroxylation is 1. The van der Waals surface area contributed by atoms with Crippen LogP contribution >= 0.6 is 15.9 Å². The van der Waals surface area contributed by atoms with Gasteiger partial charge in [-0.1, -0.05) is 20.8 Å². The number of rotatable bonds is 1. The van der Waals surface area contributed by atoms with Crippen LogP contribution in [-0.2, 0) is 5.41 Å². The smallest absolute Gasteiger partial charge is 0.0868 e. The number of halogens is 1. The Labute approximate surface area is 116 Å². The predicted octanol–water partition coefficient (Wildman–Crippen LogP) is 3.89. The number of fused-ring (bicyclic) bond motifs is 1. The summed E-state index contributed by atoms with van der Waals surface area (Å²) in [6.45, 7) is 8.48. The Bertz CT molecular complexity index is 600. The molecule has 0 aliphatic heterocycles. The van der Waals surface area contributed by atoms with E-state index < -0.39 is 0 Å². The van der Waals surface area contributed by atoms with E-state index in [9.17, 15) is 0 Å². The fourth-order valence-corrected chi connectivity index (χ4v) is 2.59. The summed E-state index contributed by atoms with van der Waals surface area (Å²) < 4.78 is 1.00. The maximum absolute atomic E-state index is 5.64. The number of nitrogens with zero attached hydrogens (tertiary/aromatic N) is 1. The van der Waals surface area contributed by atoms with Crippen molar-refractivity contribution in [2.45, 2.75) is 33.1 Å². The van der Waals surface area contributed by atoms with Gasteiger partial charge >= 0.3 is 0 Å². The number of hydrogen-bond donors (Lipinski definition) is 2. The first-order valence-corrected chi connectivity index (χ1v) is 6.70. The van der Waals surface area contributed by atoms with E-state index in [1.54, 1.807) is 0 Å². The molecule has 0 bridgehead atoms. The van der Waals surface area contributed by atoms with Crippen molar-refractivity contribution in [2.24, 2.45) is 5.84 Å². The van der Waals surface area contributed by atoms with E-state index in [0.717, 1.165) is 26.8 Å². The molecule has 0 unspecified atom stereocenters. The molecule has 2 aromatic rings. The highest BCUT2D eigenvalue weighted by molar-refractivity contribution is 9.10. The van der Waals surface area contributed by atoms with Gasteiger partial charge in [0.15, 0.2) is 0 Å². The molecule has 0 aliphatic carbocycles. The van der Waals surface area contributed by atoms with Gasteiger partial charge in [0.25, 0.3) is 0 Å². The van der Waals surface area contributed by atoms with Crippen LogP contribution in [0.3, 0.4) is 0 Å². The second-order valence-corrected chi connectivity index (χ2v) is 6.45. The highest BCUT2D eigenvalue weighted by Crippen LogP contribution is 2.33. The third-order valence-electron chi connectivity index (χ3n) is 2.94. The van der Waals surface area contributed by atoms with Gasteiger partial charge in [0.1, 0.15) is 0 Å². The van der Waals surface area contributed by atoms with Crippen molar-refractivity contribution in [3.63, 3.8) is 0 Å². The van der Waals surface area contributed by atoms with Crippen molar-refractivity contribution >= 4 is 32.5 Å². The summed E-state index contributed by atoms with van der Waals surface area (Å²) in [6.07, 6.45) is 0. The van der Waals surface area contributed by atoms with Crippen molar-refractivity contribution in [1.82, 2.24) is 4.98 Å². The monoisotopic (exact) mass is 307 g/mol. The lowest BCUT2D eigenvalue weighted by atomic mass is 9.90. The summed E-state index contributed by atoms with van der Waals surface area (Å²) in [7, 11) is 0. The molecule has 1 aromatic carbocycles. The number of aromatic nitrogens is 1. The molecular weight excluding hydrogens is 290 g/mol. The molecule has 96 valence electrons. The SMILES string of the molecule is Cc1cc(Br)c2nc(C(C)(C)C)cc(NN)c2c1. The molecule has 0 atom stereocenters. The van der Waals surface area contributed by atoms with Gasteiger partial charge in [-0.15, -0.1) is 0 Å². The minimum atomic E-state index is -0.00981. The van der Waals surface area contributed by atoms with Crippen molar-refractivity contribution < 1.29 is 0 Å². The van der Waals surface area contributed by atoms with Gasteiger partial charge in [-0.2, -0.15) is 0 Å². The van der Waals surface area contributed by atoms with E-state index in [-0.39, 0.29) is 5.41 Å². The molecule has 3 N–H and O–H groups in total. The van der Waals surface area contributed by atoms with Gasteiger partial charge in [-0.05, 0) is 46.6 Å². The summed E-state index contributed by atoms with van der Waals surface area (Å²) >= 11 is 3.58. The quantitative estimate of drug-likeness (QED) is 0.621. The van der Waals surface area contributed by atoms with Crippen molar-refractivity contribution in [3.8, 4) is 0 Å². The van der Waals surface area contributed by atoms with Crippen LogP contribution < -0.4 is 11.3 Å². The average Bonchev–Trinajstić information content (AvgIpc) is 2.26. The number of anilines is 1. The first kappa shape index (κ1) is 13.3. The maximum atomic E-state index is 5.64. The highest BCUT2D eigenvalue weighted by Gasteiger charge is 2.18. The van der Waals surface area contributed by atoms with Gasteiger partial charge in [0.05, 0.1) is 11.2 Å². The standard InChI is InChI=1S/C14H18BrN3/c1-8-5-9-11(18-16)7-12(14(2,3)4)17-13(9)10(15)6-8/h5-7H,16H2,1-4H3,(H,17,18). The van der Waals surface area contributed by atoms with E-state index >= 15 is 0 Å². The zero-order chi connectivity index (χ0) is 13.5. The molecule has 1 heterocycles. The molecule has 0 saturated carbocycles. The van der Waals surface area contributed by atoms with Gasteiger partial charge in [-0.25, -0.2) is 0 Å². The zero-order valence-electron chi connectivity index (χ0n) is 11.1. The van der Waals surface area contributed by atoms with Gasteiger partial charge < -0.3 is 5.43 Å². The van der Waals surface area contributed by atoms with E-state index in [1.807, 2.05) is 6.07 Å². The third-order valence-corrected chi connectivity index (χ3v) is 3.54. The Hall–Kier alpha value is -1.13. The summed E-state index contributed by atoms with van der Waals surface area (Å²) in [5, 5.41) is 1.04. The number of nitrogens with one attached hydrogen (secondary N) is 1. The Kier molecular flexibility index (Phi) is 3.34. The molecule has 0 saturated heterocycles. The second kappa shape index (κ2) is 4.52. The minimum Gasteiger partial charge on any atom is -0.323 e. The van der Waals surface area contributed by atoms with Crippen LogP contribution in [0, 0.1) is 6.92 Å². The van der Waals surface area contributed by atoms with Gasteiger partial charge in [0, 0.05) is 21.0 Å². The Balaban J connectivity index is 2.84. The molecule has 0 fully saturated rings. The number of hydrazine groups is 1. The summed E-state index contributed by atoms with van der Waals surface area (Å²) in [4.78, 5) is 4.75. The number of pyridine rings is 1. The van der Waals surface area contributed by atoms with Crippen LogP contribution in [0.5, 0.6) is 0 Å². The maximum Gasteiger partial charge on any atom is 0.0868 e. The summed E-state index contributed by atoms with van der Waals surface area (Å²) in [6, 6.07) is 6.19. The van der Waals surface area contributed by atoms with E-state index in [1.165, 1.54) is 5.56 Å². The van der Waals surface area contributed by atoms with Crippen molar-refractivity contribution in [3.05, 3.63) is 33.9 Å². The fraction of sp³-hybridized carbons (Fsp3) is 0.357. The van der Waals surface area contributed by atoms with Crippen LogP contribution in [0.1, 0.15) is 32.0 Å². The minimum absolute atomic E-state index is 0.00981. The number of nitrogens with two attached hydrogens (primary N) is 1. The molecule has 0 spiro atoms. The van der Waals surface area contributed by atoms with Crippen molar-refractivity contribution in [2.75, 3.05) is 5.43 Å². The summed E-state index contributed by atoms with van der Waals surface area (Å²) in [5.74, 6) is 5.64. The van der Waals surface area contributed by atoms with Crippen molar-refractivity contribution in [1.29, 1.82) is 0 Å². The van der Waals surface area contributed by atoms with Crippen LogP contribution in [-0.4, -0.2) is 4.98 Å². The molecule has 1 aromatic heterocycles. The first-order valence-electron chi connectivity index (χ1n) is 5.91. The molecule has 4 heteroatoms. The molecule has 0 amide bonds. The Morgan fingerprint density at radius 2 is 1.89 bits per heavy atom. The molecule has 3 nitrogen and oxygen atoms in total. The average molecular weight is 308 g/mol. The molecule has 0 aliphatic rings. The highest BCUT2D eigenvalue weighted by atomic mass is 79.9. The zero-order valence-corrected chi connectivity index (χ0v) is 12.7. The molecule has 0 radical (unpaired) electrons. The lowest BCUT2D eigenvalue weighted by Gasteiger charge is -2.20. The predicted molar refractivity (Wildman–Crippen MR) is 80.7 cm³/mol. The molecular formula is C14H18BrN3. The number of nitrogen functional groups attached to an aromatic ring is 1. The van der Waals surface area contributed by atoms with E-state index in [2.05, 4.69) is 61.2 Å². The normalized spacial score (nSPS) is 11.9. The first-order chi connectivity index (χ1) is 8.32. The number of hydrogen-bond acceptors (Lipinski definition) is 3. The summed E-state index contributed by atoms with van der Waals surface area (Å²) in [5.41, 5.74) is 6.82. The fourth-order valence-electron chi connectivity index (χ4n) is 1.92. The Morgan fingerprint density at radius 1 is 1.22 bits per heavy atom. The van der Waals surface area contributed by atoms with Crippen LogP contribution in [0.2, 0.25) is 0 Å². The van der Waals surface area contributed by atoms with E-state index in [4.69, 9.17) is 10.8 Å². The second-order valence-electron chi connectivity index (χ2n) is 5.59. The van der Waals surface area contributed by atoms with Gasteiger partial charge in [-0.3, -0.25) is 10.8 Å². The van der Waals surface area contributed by atoms with Crippen LogP contribution in [0.25, 0.3) is 10.9 Å². The lowest BCUT2D eigenvalue weighted by molar-refractivity contribution is 0.571. The van der Waals surface area contributed by atoms with Crippen LogP contribution in [0.4, 0.5) is 5.69 Å². The van der Waals surface area contributed by atoms with Crippen LogP contribution in [0.15, 0.2) is 22.7 Å². The lowest BCUT2D eigenvalue weighted by Crippen LogP contribution is -2.16. The molecule has 2 rings (SSSR count). The topological polar surface area (TPSA) is 50.9 Å². The molecule has 18 heavy (non-hydrogen) atoms. The Morgan fingerprint density at radius 3 is 2.44 bits per heavy atom. The largest absolute Gasteiger partial charge is 0.323 e.